The van der Waals surface area contributed by atoms with Gasteiger partial charge in [0.05, 0.1) is 16.3 Å². The Labute approximate surface area is 191 Å². The molecule has 2 atom stereocenters. The second-order valence-electron chi connectivity index (χ2n) is 9.69. The summed E-state index contributed by atoms with van der Waals surface area (Å²) in [4.78, 5) is 18.4. The minimum atomic E-state index is -4.54. The lowest BCUT2D eigenvalue weighted by atomic mass is 9.70. The molecule has 3 fully saturated rings. The Morgan fingerprint density at radius 2 is 1.94 bits per heavy atom. The predicted molar refractivity (Wildman–Crippen MR) is 115 cm³/mol. The number of anilines is 1. The quantitative estimate of drug-likeness (QED) is 0.634. The Kier molecular flexibility index (Phi) is 5.82. The van der Waals surface area contributed by atoms with Crippen LogP contribution in [0.1, 0.15) is 45.1 Å². The average Bonchev–Trinajstić information content (AvgIpc) is 2.92. The van der Waals surface area contributed by atoms with Gasteiger partial charge in [0.1, 0.15) is 11.6 Å². The van der Waals surface area contributed by atoms with Crippen molar-refractivity contribution in [3.8, 4) is 0 Å². The van der Waals surface area contributed by atoms with Crippen LogP contribution in [0.4, 0.5) is 19.0 Å². The third-order valence-electron chi connectivity index (χ3n) is 7.86. The Bertz CT molecular complexity index is 1030. The second-order valence-corrected chi connectivity index (χ2v) is 12.1. The normalized spacial score (nSPS) is 28.9. The molecule has 178 valence electrons. The summed E-state index contributed by atoms with van der Waals surface area (Å²) < 4.78 is 66.8. The van der Waals surface area contributed by atoms with Crippen molar-refractivity contribution in [2.45, 2.75) is 45.7 Å². The van der Waals surface area contributed by atoms with E-state index in [0.717, 1.165) is 18.7 Å². The molecule has 2 saturated carbocycles. The van der Waals surface area contributed by atoms with Crippen molar-refractivity contribution in [3.05, 3.63) is 22.8 Å². The molecule has 0 amide bonds. The van der Waals surface area contributed by atoms with Gasteiger partial charge in [0, 0.05) is 44.2 Å². The maximum absolute atomic E-state index is 13.4. The summed E-state index contributed by atoms with van der Waals surface area (Å²) in [6.07, 6.45) is -1.39. The Balaban J connectivity index is 1.49. The van der Waals surface area contributed by atoms with Gasteiger partial charge in [-0.25, -0.2) is 17.7 Å². The molecule has 3 aliphatic rings. The van der Waals surface area contributed by atoms with Crippen molar-refractivity contribution in [3.63, 3.8) is 0 Å². The molecule has 2 aliphatic carbocycles. The zero-order valence-corrected chi connectivity index (χ0v) is 19.7. The van der Waals surface area contributed by atoms with E-state index in [-0.39, 0.29) is 53.3 Å². The number of carbonyl (C=O) groups is 1. The van der Waals surface area contributed by atoms with E-state index in [0.29, 0.717) is 25.8 Å². The molecule has 0 N–H and O–H groups in total. The van der Waals surface area contributed by atoms with Crippen LogP contribution in [0.5, 0.6) is 0 Å². The molecule has 6 nitrogen and oxygen atoms in total. The Hall–Kier alpha value is -1.39. The van der Waals surface area contributed by atoms with Crippen molar-refractivity contribution in [1.82, 2.24) is 9.29 Å². The monoisotopic (exact) mass is 493 g/mol. The molecule has 1 aliphatic heterocycles. The zero-order valence-electron chi connectivity index (χ0n) is 18.1. The van der Waals surface area contributed by atoms with Crippen LogP contribution in [0.15, 0.2) is 12.3 Å². The van der Waals surface area contributed by atoms with Gasteiger partial charge in [-0.1, -0.05) is 25.4 Å². The highest BCUT2D eigenvalue weighted by atomic mass is 35.5. The number of carbonyl (C=O) groups excluding carboxylic acids is 1. The number of alkyl halides is 3. The van der Waals surface area contributed by atoms with Crippen LogP contribution in [0.25, 0.3) is 0 Å². The SMILES string of the molecule is CC1(C)[C@@H]2CC[C@]1(CS(=O)(=O)N1CCCN(c3ncc(C(F)(F)F)cc3Cl)CC1)C(=O)C2. The summed E-state index contributed by atoms with van der Waals surface area (Å²) in [6, 6.07) is 0.840. The standard InChI is InChI=1S/C21H27ClF3N3O3S/c1-19(2)14-4-5-20(19,17(29)11-14)13-32(30,31)28-7-3-6-27(8-9-28)18-16(22)10-15(12-26-18)21(23,24)25/h10,12,14H,3-9,11,13H2,1-2H3/t14-,20+/m1/s1. The predicted octanol–water partition coefficient (Wildman–Crippen LogP) is 3.99. The molecular formula is C21H27ClF3N3O3S. The summed E-state index contributed by atoms with van der Waals surface area (Å²) >= 11 is 6.08. The van der Waals surface area contributed by atoms with Gasteiger partial charge in [0.15, 0.2) is 0 Å². The lowest BCUT2D eigenvalue weighted by molar-refractivity contribution is -0.137. The first-order valence-electron chi connectivity index (χ1n) is 10.8. The number of halogens is 4. The van der Waals surface area contributed by atoms with Gasteiger partial charge < -0.3 is 4.90 Å². The summed E-state index contributed by atoms with van der Waals surface area (Å²) in [5.41, 5.74) is -2.10. The zero-order chi connectivity index (χ0) is 23.5. The van der Waals surface area contributed by atoms with Crippen LogP contribution >= 0.6 is 11.6 Å². The number of Topliss-reactive ketones (excluding diaryl/α,β-unsaturated/α-hetero) is 1. The molecule has 1 aromatic heterocycles. The fourth-order valence-corrected chi connectivity index (χ4v) is 8.25. The van der Waals surface area contributed by atoms with Gasteiger partial charge in [-0.05, 0) is 36.7 Å². The summed E-state index contributed by atoms with van der Waals surface area (Å²) in [7, 11) is -3.70. The molecule has 0 spiro atoms. The van der Waals surface area contributed by atoms with E-state index in [1.54, 1.807) is 4.90 Å². The van der Waals surface area contributed by atoms with Crippen LogP contribution in [0.2, 0.25) is 5.02 Å². The Morgan fingerprint density at radius 3 is 2.50 bits per heavy atom. The van der Waals surface area contributed by atoms with Crippen LogP contribution in [-0.2, 0) is 21.0 Å². The third-order valence-corrected chi connectivity index (χ3v) is 10.2. The van der Waals surface area contributed by atoms with Crippen molar-refractivity contribution in [2.75, 3.05) is 36.8 Å². The van der Waals surface area contributed by atoms with E-state index in [2.05, 4.69) is 4.98 Å². The largest absolute Gasteiger partial charge is 0.417 e. The Morgan fingerprint density at radius 1 is 1.22 bits per heavy atom. The van der Waals surface area contributed by atoms with E-state index < -0.39 is 27.2 Å². The van der Waals surface area contributed by atoms with Crippen LogP contribution in [-0.4, -0.2) is 55.4 Å². The number of hydrogen-bond donors (Lipinski definition) is 0. The smallest absolute Gasteiger partial charge is 0.354 e. The van der Waals surface area contributed by atoms with Crippen LogP contribution in [0, 0.1) is 16.7 Å². The highest BCUT2D eigenvalue weighted by molar-refractivity contribution is 7.89. The number of aromatic nitrogens is 1. The van der Waals surface area contributed by atoms with E-state index in [9.17, 15) is 26.4 Å². The second kappa shape index (κ2) is 7.84. The molecular weight excluding hydrogens is 467 g/mol. The van der Waals surface area contributed by atoms with Gasteiger partial charge in [-0.3, -0.25) is 4.79 Å². The molecule has 1 aromatic rings. The first-order chi connectivity index (χ1) is 14.8. The van der Waals surface area contributed by atoms with Crippen molar-refractivity contribution in [1.29, 1.82) is 0 Å². The number of fused-ring (bicyclic) bond motifs is 2. The van der Waals surface area contributed by atoms with E-state index in [1.165, 1.54) is 4.31 Å². The molecule has 2 heterocycles. The molecule has 4 rings (SSSR count). The fourth-order valence-electron chi connectivity index (χ4n) is 5.71. The number of hydrogen-bond acceptors (Lipinski definition) is 5. The minimum Gasteiger partial charge on any atom is -0.354 e. The molecule has 0 aromatic carbocycles. The fraction of sp³-hybridized carbons (Fsp3) is 0.714. The molecule has 11 heteroatoms. The molecule has 0 radical (unpaired) electrons. The number of pyridine rings is 1. The summed E-state index contributed by atoms with van der Waals surface area (Å²) in [5.74, 6) is 0.321. The number of nitrogens with zero attached hydrogens (tertiary/aromatic N) is 3. The topological polar surface area (TPSA) is 70.6 Å². The van der Waals surface area contributed by atoms with E-state index in [4.69, 9.17) is 11.6 Å². The van der Waals surface area contributed by atoms with Crippen molar-refractivity contribution >= 4 is 33.2 Å². The molecule has 0 unspecified atom stereocenters. The van der Waals surface area contributed by atoms with Gasteiger partial charge in [0.25, 0.3) is 0 Å². The first kappa shape index (κ1) is 23.8. The lowest BCUT2D eigenvalue weighted by Crippen LogP contribution is -2.47. The number of ketones is 1. The highest BCUT2D eigenvalue weighted by Crippen LogP contribution is 2.64. The lowest BCUT2D eigenvalue weighted by Gasteiger charge is -2.37. The van der Waals surface area contributed by atoms with Gasteiger partial charge >= 0.3 is 6.18 Å². The number of rotatable bonds is 4. The van der Waals surface area contributed by atoms with Crippen molar-refractivity contribution < 1.29 is 26.4 Å². The molecule has 32 heavy (non-hydrogen) atoms. The molecule has 1 saturated heterocycles. The maximum atomic E-state index is 13.4. The highest BCUT2D eigenvalue weighted by Gasteiger charge is 2.65. The average molecular weight is 494 g/mol. The summed E-state index contributed by atoms with van der Waals surface area (Å²) in [6.45, 7) is 5.13. The van der Waals surface area contributed by atoms with Gasteiger partial charge in [-0.2, -0.15) is 13.2 Å². The van der Waals surface area contributed by atoms with Crippen molar-refractivity contribution in [2.24, 2.45) is 16.7 Å². The van der Waals surface area contributed by atoms with Crippen LogP contribution < -0.4 is 4.90 Å². The maximum Gasteiger partial charge on any atom is 0.417 e. The van der Waals surface area contributed by atoms with E-state index >= 15 is 0 Å². The van der Waals surface area contributed by atoms with Gasteiger partial charge in [0.2, 0.25) is 10.0 Å². The first-order valence-corrected chi connectivity index (χ1v) is 12.8. The third kappa shape index (κ3) is 3.81. The van der Waals surface area contributed by atoms with E-state index in [1.807, 2.05) is 13.8 Å². The van der Waals surface area contributed by atoms with Gasteiger partial charge in [-0.15, -0.1) is 0 Å². The summed E-state index contributed by atoms with van der Waals surface area (Å²) in [5, 5.41) is -0.120. The minimum absolute atomic E-state index is 0.0551. The van der Waals surface area contributed by atoms with Crippen LogP contribution in [0.3, 0.4) is 0 Å². The molecule has 2 bridgehead atoms. The number of sulfonamides is 1.